The Morgan fingerprint density at radius 3 is 2.39 bits per heavy atom. The first-order chi connectivity index (χ1) is 8.45. The first-order valence-electron chi connectivity index (χ1n) is 6.06. The van der Waals surface area contributed by atoms with Crippen molar-refractivity contribution in [3.8, 4) is 6.07 Å². The van der Waals surface area contributed by atoms with Crippen molar-refractivity contribution in [3.63, 3.8) is 0 Å². The van der Waals surface area contributed by atoms with E-state index in [4.69, 9.17) is 10.00 Å². The molecule has 0 spiro atoms. The van der Waals surface area contributed by atoms with Crippen molar-refractivity contribution in [3.05, 3.63) is 34.4 Å². The standard InChI is InChI=1S/C15H19NO2/c1-10-7-12(3)14(13(4)8-10)9-18-15(17)11(2)5-6-16/h7-8,11H,5,9H2,1-4H3. The summed E-state index contributed by atoms with van der Waals surface area (Å²) in [6.07, 6.45) is 0.199. The van der Waals surface area contributed by atoms with E-state index in [0.717, 1.165) is 16.7 Å². The van der Waals surface area contributed by atoms with Crippen molar-refractivity contribution in [2.24, 2.45) is 5.92 Å². The Hall–Kier alpha value is -1.82. The molecule has 0 aliphatic heterocycles. The van der Waals surface area contributed by atoms with Crippen LogP contribution in [0.1, 0.15) is 35.6 Å². The lowest BCUT2D eigenvalue weighted by atomic mass is 10.0. The Kier molecular flexibility index (Phi) is 4.91. The molecule has 3 heteroatoms. The zero-order chi connectivity index (χ0) is 13.7. The van der Waals surface area contributed by atoms with E-state index in [9.17, 15) is 4.79 Å². The molecule has 0 bridgehead atoms. The number of carbonyl (C=O) groups excluding carboxylic acids is 1. The lowest BCUT2D eigenvalue weighted by molar-refractivity contribution is -0.149. The number of nitriles is 1. The van der Waals surface area contributed by atoms with Crippen molar-refractivity contribution in [1.29, 1.82) is 5.26 Å². The van der Waals surface area contributed by atoms with E-state index in [0.29, 0.717) is 0 Å². The van der Waals surface area contributed by atoms with Crippen LogP contribution in [0.5, 0.6) is 0 Å². The van der Waals surface area contributed by atoms with Crippen molar-refractivity contribution in [2.45, 2.75) is 40.7 Å². The molecule has 0 radical (unpaired) electrons. The second-order valence-electron chi connectivity index (χ2n) is 4.75. The van der Waals surface area contributed by atoms with Crippen LogP contribution in [-0.4, -0.2) is 5.97 Å². The SMILES string of the molecule is Cc1cc(C)c(COC(=O)C(C)CC#N)c(C)c1. The highest BCUT2D eigenvalue weighted by molar-refractivity contribution is 5.72. The third-order valence-corrected chi connectivity index (χ3v) is 3.00. The summed E-state index contributed by atoms with van der Waals surface area (Å²) in [6.45, 7) is 8.07. The molecule has 0 saturated heterocycles. The molecule has 3 nitrogen and oxygen atoms in total. The normalized spacial score (nSPS) is 11.7. The Morgan fingerprint density at radius 2 is 1.89 bits per heavy atom. The molecule has 0 fully saturated rings. The summed E-state index contributed by atoms with van der Waals surface area (Å²) in [7, 11) is 0. The minimum atomic E-state index is -0.360. The molecule has 1 aromatic rings. The van der Waals surface area contributed by atoms with Crippen LogP contribution in [0, 0.1) is 38.0 Å². The lowest BCUT2D eigenvalue weighted by Crippen LogP contribution is -2.15. The summed E-state index contributed by atoms with van der Waals surface area (Å²) in [5.74, 6) is -0.669. The van der Waals surface area contributed by atoms with Gasteiger partial charge in [0.2, 0.25) is 0 Å². The summed E-state index contributed by atoms with van der Waals surface area (Å²) in [5, 5.41) is 8.53. The van der Waals surface area contributed by atoms with Gasteiger partial charge < -0.3 is 4.74 Å². The molecule has 0 aliphatic carbocycles. The largest absolute Gasteiger partial charge is 0.461 e. The zero-order valence-electron chi connectivity index (χ0n) is 11.4. The zero-order valence-corrected chi connectivity index (χ0v) is 11.4. The molecule has 18 heavy (non-hydrogen) atoms. The quantitative estimate of drug-likeness (QED) is 0.765. The van der Waals surface area contributed by atoms with Gasteiger partial charge in [0.15, 0.2) is 0 Å². The number of carbonyl (C=O) groups is 1. The molecule has 1 atom stereocenters. The number of benzene rings is 1. The van der Waals surface area contributed by atoms with Crippen molar-refractivity contribution < 1.29 is 9.53 Å². The Balaban J connectivity index is 2.70. The van der Waals surface area contributed by atoms with Gasteiger partial charge in [-0.2, -0.15) is 5.26 Å². The maximum Gasteiger partial charge on any atom is 0.310 e. The minimum absolute atomic E-state index is 0.199. The molecular formula is C15H19NO2. The topological polar surface area (TPSA) is 50.1 Å². The predicted molar refractivity (Wildman–Crippen MR) is 69.8 cm³/mol. The summed E-state index contributed by atoms with van der Waals surface area (Å²) in [5.41, 5.74) is 4.53. The molecule has 1 unspecified atom stereocenters. The van der Waals surface area contributed by atoms with Crippen molar-refractivity contribution >= 4 is 5.97 Å². The van der Waals surface area contributed by atoms with Gasteiger partial charge in [0.05, 0.1) is 12.0 Å². The Bertz CT molecular complexity index is 463. The highest BCUT2D eigenvalue weighted by atomic mass is 16.5. The number of rotatable bonds is 4. The molecule has 0 heterocycles. The molecule has 0 amide bonds. The number of nitrogens with zero attached hydrogens (tertiary/aromatic N) is 1. The molecule has 1 aromatic carbocycles. The van der Waals surface area contributed by atoms with Crippen LogP contribution < -0.4 is 0 Å². The van der Waals surface area contributed by atoms with E-state index in [-0.39, 0.29) is 24.9 Å². The molecule has 0 aliphatic rings. The van der Waals surface area contributed by atoms with Crippen LogP contribution in [0.2, 0.25) is 0 Å². The van der Waals surface area contributed by atoms with Gasteiger partial charge in [-0.05, 0) is 37.5 Å². The number of hydrogen-bond acceptors (Lipinski definition) is 3. The van der Waals surface area contributed by atoms with Crippen LogP contribution in [-0.2, 0) is 16.1 Å². The van der Waals surface area contributed by atoms with Crippen LogP contribution in [0.4, 0.5) is 0 Å². The first-order valence-corrected chi connectivity index (χ1v) is 6.06. The van der Waals surface area contributed by atoms with Gasteiger partial charge in [0.25, 0.3) is 0 Å². The van der Waals surface area contributed by atoms with Gasteiger partial charge in [0, 0.05) is 6.42 Å². The monoisotopic (exact) mass is 245 g/mol. The van der Waals surface area contributed by atoms with Crippen LogP contribution >= 0.6 is 0 Å². The predicted octanol–water partition coefficient (Wildman–Crippen LogP) is 3.20. The van der Waals surface area contributed by atoms with E-state index in [2.05, 4.69) is 12.1 Å². The van der Waals surface area contributed by atoms with Gasteiger partial charge in [-0.3, -0.25) is 4.79 Å². The third kappa shape index (κ3) is 3.59. The third-order valence-electron chi connectivity index (χ3n) is 3.00. The van der Waals surface area contributed by atoms with Gasteiger partial charge in [-0.1, -0.05) is 24.6 Å². The number of esters is 1. The van der Waals surface area contributed by atoms with E-state index >= 15 is 0 Å². The number of aryl methyl sites for hydroxylation is 3. The second kappa shape index (κ2) is 6.20. The fourth-order valence-corrected chi connectivity index (χ4v) is 1.94. The maximum atomic E-state index is 11.6. The van der Waals surface area contributed by atoms with Crippen LogP contribution in [0.25, 0.3) is 0 Å². The van der Waals surface area contributed by atoms with Gasteiger partial charge in [-0.25, -0.2) is 0 Å². The number of ether oxygens (including phenoxy) is 1. The van der Waals surface area contributed by atoms with Crippen LogP contribution in [0.15, 0.2) is 12.1 Å². The van der Waals surface area contributed by atoms with Gasteiger partial charge in [-0.15, -0.1) is 0 Å². The fraction of sp³-hybridized carbons (Fsp3) is 0.467. The minimum Gasteiger partial charge on any atom is -0.461 e. The maximum absolute atomic E-state index is 11.6. The van der Waals surface area contributed by atoms with E-state index in [1.807, 2.05) is 26.8 Å². The fourth-order valence-electron chi connectivity index (χ4n) is 1.94. The summed E-state index contributed by atoms with van der Waals surface area (Å²) < 4.78 is 5.25. The van der Waals surface area contributed by atoms with Gasteiger partial charge in [0.1, 0.15) is 6.61 Å². The Morgan fingerprint density at radius 1 is 1.33 bits per heavy atom. The molecule has 0 aromatic heterocycles. The average molecular weight is 245 g/mol. The lowest BCUT2D eigenvalue weighted by Gasteiger charge is -2.13. The van der Waals surface area contributed by atoms with Crippen molar-refractivity contribution in [1.82, 2.24) is 0 Å². The Labute approximate surface area is 108 Å². The molecule has 96 valence electrons. The van der Waals surface area contributed by atoms with Crippen LogP contribution in [0.3, 0.4) is 0 Å². The highest BCUT2D eigenvalue weighted by Crippen LogP contribution is 2.18. The van der Waals surface area contributed by atoms with E-state index in [1.54, 1.807) is 6.92 Å². The molecule has 0 saturated carbocycles. The summed E-state index contributed by atoms with van der Waals surface area (Å²) in [4.78, 5) is 11.6. The number of hydrogen-bond donors (Lipinski definition) is 0. The van der Waals surface area contributed by atoms with Crippen molar-refractivity contribution in [2.75, 3.05) is 0 Å². The van der Waals surface area contributed by atoms with Gasteiger partial charge >= 0.3 is 5.97 Å². The average Bonchev–Trinajstić information content (AvgIpc) is 2.27. The first kappa shape index (κ1) is 14.2. The molecular weight excluding hydrogens is 226 g/mol. The highest BCUT2D eigenvalue weighted by Gasteiger charge is 2.15. The summed E-state index contributed by atoms with van der Waals surface area (Å²) >= 11 is 0. The molecule has 1 rings (SSSR count). The van der Waals surface area contributed by atoms with E-state index < -0.39 is 0 Å². The second-order valence-corrected chi connectivity index (χ2v) is 4.75. The van der Waals surface area contributed by atoms with E-state index in [1.165, 1.54) is 5.56 Å². The summed E-state index contributed by atoms with van der Waals surface area (Å²) in [6, 6.07) is 6.13. The molecule has 0 N–H and O–H groups in total. The smallest absolute Gasteiger partial charge is 0.310 e.